The van der Waals surface area contributed by atoms with E-state index in [-0.39, 0.29) is 18.3 Å². The van der Waals surface area contributed by atoms with Crippen LogP contribution in [0.2, 0.25) is 0 Å². The van der Waals surface area contributed by atoms with Crippen LogP contribution in [0.15, 0.2) is 30.7 Å². The molecule has 1 aromatic carbocycles. The van der Waals surface area contributed by atoms with E-state index in [0.29, 0.717) is 30.3 Å². The molecule has 3 heterocycles. The zero-order valence-corrected chi connectivity index (χ0v) is 18.5. The van der Waals surface area contributed by atoms with E-state index in [2.05, 4.69) is 14.9 Å². The molecule has 9 heteroatoms. The molecule has 0 spiro atoms. The predicted molar refractivity (Wildman–Crippen MR) is 121 cm³/mol. The maximum absolute atomic E-state index is 13.7. The Bertz CT molecular complexity index is 1080. The zero-order chi connectivity index (χ0) is 22.7. The predicted octanol–water partition coefficient (Wildman–Crippen LogP) is 3.14. The number of hydrogen-bond acceptors (Lipinski definition) is 7. The number of halogens is 1. The number of aliphatic hydroxyl groups excluding tert-OH is 1. The molecule has 0 atom stereocenters. The number of nitrogens with zero attached hydrogens (tertiary/aromatic N) is 5. The highest BCUT2D eigenvalue weighted by Gasteiger charge is 2.28. The molecule has 32 heavy (non-hydrogen) atoms. The summed E-state index contributed by atoms with van der Waals surface area (Å²) in [5.74, 6) is 2.55. The number of benzene rings is 1. The minimum absolute atomic E-state index is 0.0298. The highest BCUT2D eigenvalue weighted by molar-refractivity contribution is 5.63. The van der Waals surface area contributed by atoms with Crippen molar-refractivity contribution in [2.45, 2.75) is 39.2 Å². The molecule has 0 aliphatic carbocycles. The van der Waals surface area contributed by atoms with E-state index in [4.69, 9.17) is 15.5 Å². The third-order valence-corrected chi connectivity index (χ3v) is 5.86. The van der Waals surface area contributed by atoms with Crippen LogP contribution in [0.1, 0.15) is 37.1 Å². The Morgan fingerprint density at radius 1 is 1.25 bits per heavy atom. The van der Waals surface area contributed by atoms with Gasteiger partial charge in [0.2, 0.25) is 5.75 Å². The number of nitrogens with two attached hydrogens (primary N) is 1. The van der Waals surface area contributed by atoms with Gasteiger partial charge in [0.15, 0.2) is 11.6 Å². The number of nitrogen functional groups attached to an aromatic ring is 1. The first kappa shape index (κ1) is 22.0. The van der Waals surface area contributed by atoms with Crippen molar-refractivity contribution in [2.24, 2.45) is 0 Å². The van der Waals surface area contributed by atoms with Gasteiger partial charge < -0.3 is 25.0 Å². The van der Waals surface area contributed by atoms with Crippen molar-refractivity contribution in [3.63, 3.8) is 0 Å². The van der Waals surface area contributed by atoms with Crippen LogP contribution in [0, 0.1) is 12.7 Å². The Hall–Kier alpha value is -3.20. The van der Waals surface area contributed by atoms with Gasteiger partial charge in [-0.2, -0.15) is 0 Å². The molecule has 2 aromatic heterocycles. The van der Waals surface area contributed by atoms with Crippen molar-refractivity contribution in [3.8, 4) is 17.0 Å². The first-order valence-corrected chi connectivity index (χ1v) is 10.9. The van der Waals surface area contributed by atoms with Gasteiger partial charge in [-0.05, 0) is 50.5 Å². The van der Waals surface area contributed by atoms with Crippen LogP contribution in [0.5, 0.6) is 5.75 Å². The lowest BCUT2D eigenvalue weighted by Gasteiger charge is -2.33. The molecule has 170 valence electrons. The van der Waals surface area contributed by atoms with E-state index in [0.717, 1.165) is 48.8 Å². The Morgan fingerprint density at radius 2 is 2.03 bits per heavy atom. The number of hydrogen-bond donors (Lipinski definition) is 2. The third-order valence-electron chi connectivity index (χ3n) is 5.86. The minimum Gasteiger partial charge on any atom is -0.487 e. The van der Waals surface area contributed by atoms with Gasteiger partial charge in [-0.3, -0.25) is 0 Å². The van der Waals surface area contributed by atoms with Crippen LogP contribution in [-0.4, -0.2) is 50.9 Å². The fourth-order valence-electron chi connectivity index (χ4n) is 4.22. The molecule has 3 aromatic rings. The Labute approximate surface area is 186 Å². The van der Waals surface area contributed by atoms with Crippen LogP contribution < -0.4 is 15.4 Å². The normalized spacial score (nSPS) is 14.7. The van der Waals surface area contributed by atoms with Gasteiger partial charge >= 0.3 is 0 Å². The molecule has 0 amide bonds. The molecule has 0 saturated carbocycles. The van der Waals surface area contributed by atoms with E-state index >= 15 is 0 Å². The smallest absolute Gasteiger partial charge is 0.204 e. The van der Waals surface area contributed by atoms with Crippen molar-refractivity contribution in [3.05, 3.63) is 47.9 Å². The first-order chi connectivity index (χ1) is 15.5. The van der Waals surface area contributed by atoms with Crippen LogP contribution in [-0.2, 0) is 6.54 Å². The summed E-state index contributed by atoms with van der Waals surface area (Å²) in [5.41, 5.74) is 8.25. The second kappa shape index (κ2) is 9.52. The fourth-order valence-corrected chi connectivity index (χ4v) is 4.22. The number of ether oxygens (including phenoxy) is 1. The van der Waals surface area contributed by atoms with Gasteiger partial charge in [-0.1, -0.05) is 0 Å². The van der Waals surface area contributed by atoms with E-state index in [9.17, 15) is 9.50 Å². The van der Waals surface area contributed by atoms with E-state index in [1.165, 1.54) is 12.4 Å². The summed E-state index contributed by atoms with van der Waals surface area (Å²) in [6.45, 7) is 6.20. The Morgan fingerprint density at radius 3 is 2.72 bits per heavy atom. The molecule has 8 nitrogen and oxygen atoms in total. The quantitative estimate of drug-likeness (QED) is 0.582. The third kappa shape index (κ3) is 4.38. The van der Waals surface area contributed by atoms with Crippen LogP contribution in [0.3, 0.4) is 0 Å². The molecule has 0 bridgehead atoms. The minimum atomic E-state index is -0.229. The lowest BCUT2D eigenvalue weighted by Crippen LogP contribution is -2.34. The molecule has 1 fully saturated rings. The lowest BCUT2D eigenvalue weighted by molar-refractivity contribution is 0.272. The van der Waals surface area contributed by atoms with Gasteiger partial charge in [0.25, 0.3) is 0 Å². The molecule has 3 N–H and O–H groups in total. The number of aliphatic hydroxyl groups is 1. The Kier molecular flexibility index (Phi) is 6.55. The summed E-state index contributed by atoms with van der Waals surface area (Å²) >= 11 is 0. The van der Waals surface area contributed by atoms with Gasteiger partial charge in [-0.15, -0.1) is 0 Å². The molecule has 0 radical (unpaired) electrons. The first-order valence-electron chi connectivity index (χ1n) is 10.9. The van der Waals surface area contributed by atoms with Gasteiger partial charge in [-0.25, -0.2) is 19.3 Å². The summed E-state index contributed by atoms with van der Waals surface area (Å²) in [4.78, 5) is 15.5. The summed E-state index contributed by atoms with van der Waals surface area (Å²) < 4.78 is 21.4. The van der Waals surface area contributed by atoms with Crippen molar-refractivity contribution >= 4 is 11.6 Å². The number of piperidine rings is 1. The highest BCUT2D eigenvalue weighted by Crippen LogP contribution is 2.36. The molecular formula is C23H29FN6O2. The number of aryl methyl sites for hydroxylation is 1. The number of anilines is 2. The van der Waals surface area contributed by atoms with Crippen molar-refractivity contribution < 1.29 is 14.2 Å². The average Bonchev–Trinajstić information content (AvgIpc) is 3.21. The second-order valence-corrected chi connectivity index (χ2v) is 7.97. The van der Waals surface area contributed by atoms with Gasteiger partial charge in [0, 0.05) is 37.3 Å². The fraction of sp³-hybridized carbons (Fsp3) is 0.435. The molecule has 1 aliphatic heterocycles. The van der Waals surface area contributed by atoms with E-state index in [1.807, 2.05) is 23.8 Å². The zero-order valence-electron chi connectivity index (χ0n) is 18.5. The van der Waals surface area contributed by atoms with E-state index < -0.39 is 0 Å². The maximum Gasteiger partial charge on any atom is 0.204 e. The molecule has 1 saturated heterocycles. The standard InChI is InChI=1S/C23H29FN6O2/c1-3-32-20-21(25)26-14-27-23(20)29-8-6-16(7-9-29)22-28-19(13-30(22)10-11-31)17-4-5-18(24)15(2)12-17/h4-5,12-14,16,31H,3,6-11H2,1-2H3,(H2,25,26,27). The van der Waals surface area contributed by atoms with Crippen LogP contribution >= 0.6 is 0 Å². The van der Waals surface area contributed by atoms with Crippen molar-refractivity contribution in [2.75, 3.05) is 36.9 Å². The average molecular weight is 441 g/mol. The summed E-state index contributed by atoms with van der Waals surface area (Å²) in [6, 6.07) is 5.02. The number of aromatic nitrogens is 4. The number of rotatable bonds is 7. The van der Waals surface area contributed by atoms with Crippen LogP contribution in [0.4, 0.5) is 16.0 Å². The summed E-state index contributed by atoms with van der Waals surface area (Å²) in [5, 5.41) is 9.55. The van der Waals surface area contributed by atoms with Crippen molar-refractivity contribution in [1.29, 1.82) is 0 Å². The maximum atomic E-state index is 13.7. The van der Waals surface area contributed by atoms with Crippen molar-refractivity contribution in [1.82, 2.24) is 19.5 Å². The van der Waals surface area contributed by atoms with E-state index in [1.54, 1.807) is 13.0 Å². The summed E-state index contributed by atoms with van der Waals surface area (Å²) in [7, 11) is 0. The summed E-state index contributed by atoms with van der Waals surface area (Å²) in [6.07, 6.45) is 5.16. The lowest BCUT2D eigenvalue weighted by atomic mass is 9.95. The van der Waals surface area contributed by atoms with Crippen LogP contribution in [0.25, 0.3) is 11.3 Å². The monoisotopic (exact) mass is 440 g/mol. The molecular weight excluding hydrogens is 411 g/mol. The Balaban J connectivity index is 1.55. The molecule has 0 unspecified atom stereocenters. The topological polar surface area (TPSA) is 102 Å². The molecule has 4 rings (SSSR count). The largest absolute Gasteiger partial charge is 0.487 e. The van der Waals surface area contributed by atoms with Gasteiger partial charge in [0.1, 0.15) is 18.0 Å². The second-order valence-electron chi connectivity index (χ2n) is 7.97. The number of imidazole rings is 1. The molecule has 1 aliphatic rings. The van der Waals surface area contributed by atoms with Gasteiger partial charge in [0.05, 0.1) is 18.9 Å². The highest BCUT2D eigenvalue weighted by atomic mass is 19.1. The SMILES string of the molecule is CCOc1c(N)ncnc1N1CCC(c2nc(-c3ccc(F)c(C)c3)cn2CCO)CC1.